The van der Waals surface area contributed by atoms with Gasteiger partial charge in [-0.1, -0.05) is 131 Å². The topological polar surface area (TPSA) is 25.8 Å². The summed E-state index contributed by atoms with van der Waals surface area (Å²) >= 11 is 0. The molecule has 12 rings (SSSR count). The van der Waals surface area contributed by atoms with Crippen LogP contribution in [0.1, 0.15) is 37.5 Å². The number of para-hydroxylation sites is 1. The third-order valence-corrected chi connectivity index (χ3v) is 15.2. The number of aromatic nitrogens is 3. The second-order valence-electron chi connectivity index (χ2n) is 18.6. The minimum absolute atomic E-state index is 0.0349. The van der Waals surface area contributed by atoms with Gasteiger partial charge in [-0.2, -0.15) is 4.57 Å². The number of pyridine rings is 1. The second-order valence-corrected chi connectivity index (χ2v) is 23.7. The Morgan fingerprint density at radius 1 is 0.627 bits per heavy atom. The molecule has 1 atom stereocenters. The van der Waals surface area contributed by atoms with Gasteiger partial charge in [-0.05, 0) is 82.6 Å². The van der Waals surface area contributed by atoms with Gasteiger partial charge in [0, 0.05) is 33.0 Å². The number of imidazole rings is 1. The summed E-state index contributed by atoms with van der Waals surface area (Å²) in [4.78, 5) is 0. The van der Waals surface area contributed by atoms with Crippen molar-refractivity contribution in [2.45, 2.75) is 51.5 Å². The lowest BCUT2D eigenvalue weighted by Gasteiger charge is -2.22. The predicted molar refractivity (Wildman–Crippen MR) is 244 cm³/mol. The lowest BCUT2D eigenvalue weighted by molar-refractivity contribution is -0.944. The number of furan rings is 1. The van der Waals surface area contributed by atoms with Gasteiger partial charge in [-0.15, -0.1) is 9.13 Å². The molecule has 0 radical (unpaired) electrons. The molecular weight excluding hydrogens is 735 g/mol. The molecule has 0 fully saturated rings. The maximum absolute atomic E-state index is 7.13. The van der Waals surface area contributed by atoms with Gasteiger partial charge in [0.1, 0.15) is 16.8 Å². The Morgan fingerprint density at radius 2 is 1.37 bits per heavy atom. The molecule has 7 aromatic carbocycles. The number of benzene rings is 7. The second kappa shape index (κ2) is 11.8. The Balaban J connectivity index is 1.36. The molecule has 284 valence electrons. The first-order valence-electron chi connectivity index (χ1n) is 20.9. The molecule has 5 heteroatoms. The minimum atomic E-state index is -1.76. The van der Waals surface area contributed by atoms with Crippen molar-refractivity contribution in [2.24, 2.45) is 0 Å². The summed E-state index contributed by atoms with van der Waals surface area (Å²) in [7, 11) is -1.76. The zero-order chi connectivity index (χ0) is 40.0. The summed E-state index contributed by atoms with van der Waals surface area (Å²) in [6.45, 7) is 14.3. The average Bonchev–Trinajstić information content (AvgIpc) is 3.96. The molecule has 0 bridgehead atoms. The molecule has 1 unspecified atom stereocenters. The van der Waals surface area contributed by atoms with Gasteiger partial charge in [0.15, 0.2) is 22.8 Å². The summed E-state index contributed by atoms with van der Waals surface area (Å²) in [6, 6.07) is 58.8. The molecule has 0 N–H and O–H groups in total. The highest BCUT2D eigenvalue weighted by molar-refractivity contribution is 6.88. The van der Waals surface area contributed by atoms with Crippen LogP contribution in [0.15, 0.2) is 168 Å². The van der Waals surface area contributed by atoms with Gasteiger partial charge < -0.3 is 4.42 Å². The van der Waals surface area contributed by atoms with E-state index in [4.69, 9.17) is 4.42 Å². The summed E-state index contributed by atoms with van der Waals surface area (Å²) in [5, 5.41) is 6.12. The molecule has 4 nitrogen and oxygen atoms in total. The fourth-order valence-electron chi connectivity index (χ4n) is 10.3. The fraction of sp³-hybridized carbons (Fsp3) is 0.148. The normalized spacial score (nSPS) is 15.7. The molecule has 10 aromatic rings. The Bertz CT molecular complexity index is 3410. The van der Waals surface area contributed by atoms with Crippen LogP contribution < -0.4 is 14.3 Å². The molecule has 5 heterocycles. The fourth-order valence-corrected chi connectivity index (χ4v) is 11.4. The Hall–Kier alpha value is -6.56. The maximum Gasteiger partial charge on any atom is 0.364 e. The number of fused-ring (bicyclic) bond motifs is 18. The number of hydrogen-bond donors (Lipinski definition) is 0. The molecule has 2 aliphatic heterocycles. The molecule has 0 saturated carbocycles. The summed E-state index contributed by atoms with van der Waals surface area (Å²) < 4.78 is 15.0. The molecule has 59 heavy (non-hydrogen) atoms. The Labute approximate surface area is 345 Å². The lowest BCUT2D eigenvalue weighted by atomic mass is 9.85. The van der Waals surface area contributed by atoms with E-state index in [9.17, 15) is 0 Å². The number of nitrogens with zero attached hydrogens (tertiary/aromatic N) is 3. The largest absolute Gasteiger partial charge is 0.455 e. The van der Waals surface area contributed by atoms with Gasteiger partial charge in [-0.25, -0.2) is 0 Å². The third-order valence-electron chi connectivity index (χ3n) is 13.2. The molecule has 3 aromatic heterocycles. The first-order valence-corrected chi connectivity index (χ1v) is 24.4. The van der Waals surface area contributed by atoms with Crippen molar-refractivity contribution < 1.29 is 13.6 Å². The maximum atomic E-state index is 7.13. The van der Waals surface area contributed by atoms with E-state index in [-0.39, 0.29) is 5.41 Å². The van der Waals surface area contributed by atoms with Crippen molar-refractivity contribution in [1.82, 2.24) is 4.57 Å². The highest BCUT2D eigenvalue weighted by Crippen LogP contribution is 2.53. The smallest absolute Gasteiger partial charge is 0.364 e. The summed E-state index contributed by atoms with van der Waals surface area (Å²) in [6.07, 6.45) is 2.50. The van der Waals surface area contributed by atoms with Gasteiger partial charge in [0.25, 0.3) is 0 Å². The van der Waals surface area contributed by atoms with E-state index in [1.54, 1.807) is 0 Å². The van der Waals surface area contributed by atoms with Crippen LogP contribution in [-0.4, -0.2) is 12.6 Å². The van der Waals surface area contributed by atoms with E-state index in [0.717, 1.165) is 44.5 Å². The van der Waals surface area contributed by atoms with Crippen LogP contribution in [0.5, 0.6) is 0 Å². The lowest BCUT2D eigenvalue weighted by Crippen LogP contribution is -2.72. The van der Waals surface area contributed by atoms with Crippen molar-refractivity contribution >= 4 is 57.0 Å². The van der Waals surface area contributed by atoms with E-state index in [2.05, 4.69) is 218 Å². The first kappa shape index (κ1) is 34.5. The van der Waals surface area contributed by atoms with Crippen LogP contribution >= 0.6 is 0 Å². The van der Waals surface area contributed by atoms with Gasteiger partial charge in [-0.3, -0.25) is 0 Å². The molecule has 0 aliphatic carbocycles. The van der Waals surface area contributed by atoms with Crippen LogP contribution in [0.3, 0.4) is 0 Å². The first-order chi connectivity index (χ1) is 28.5. The Kier molecular flexibility index (Phi) is 6.88. The van der Waals surface area contributed by atoms with Gasteiger partial charge in [0.05, 0.1) is 24.8 Å². The number of hydrogen-bond acceptors (Lipinski definition) is 1. The van der Waals surface area contributed by atoms with Crippen molar-refractivity contribution in [1.29, 1.82) is 0 Å². The monoisotopic (exact) mass is 779 g/mol. The highest BCUT2D eigenvalue weighted by Gasteiger charge is 2.67. The van der Waals surface area contributed by atoms with E-state index < -0.39 is 13.7 Å². The van der Waals surface area contributed by atoms with E-state index in [1.807, 2.05) is 0 Å². The molecule has 1 spiro atoms. The van der Waals surface area contributed by atoms with Crippen molar-refractivity contribution in [3.8, 4) is 39.5 Å². The van der Waals surface area contributed by atoms with Crippen LogP contribution in [-0.2, 0) is 11.1 Å². The minimum Gasteiger partial charge on any atom is -0.455 e. The Morgan fingerprint density at radius 3 is 2.19 bits per heavy atom. The SMILES string of the molecule is CC(C)(C)c1ccc(-n2c3[n+](c4c5ccccc5ccc42)C2(c4ccccc4-c4ccc([Si](C)(C)C)c[n+]42)c2ccc4c(oc5ccccc54)c2-3)c(-c2ccccc2)c1. The quantitative estimate of drug-likeness (QED) is 0.130. The highest BCUT2D eigenvalue weighted by atomic mass is 28.3. The van der Waals surface area contributed by atoms with Gasteiger partial charge in [0.2, 0.25) is 5.69 Å². The van der Waals surface area contributed by atoms with Crippen LogP contribution in [0.25, 0.3) is 83.2 Å². The summed E-state index contributed by atoms with van der Waals surface area (Å²) in [5.74, 6) is 1.12. The number of rotatable bonds is 3. The standard InChI is InChI=1S/C54H45N3OSi/c1-53(2,3)36-25-30-46(42(32-36)34-16-8-7-9-17-34)56-47-29-24-35-18-10-11-19-38(35)50(47)57-52(56)49-44(28-27-40-39-20-13-15-23-48(39)58-51(40)49)54(57)43-22-14-12-21-41(43)45-31-26-37(33-55(45)54)59(4,5)6/h7-33H,1-6H3/q+2. The zero-order valence-electron chi connectivity index (χ0n) is 34.3. The third kappa shape index (κ3) is 4.54. The van der Waals surface area contributed by atoms with Crippen molar-refractivity contribution in [2.75, 3.05) is 0 Å². The molecule has 2 aliphatic rings. The van der Waals surface area contributed by atoms with E-state index in [0.29, 0.717) is 0 Å². The summed E-state index contributed by atoms with van der Waals surface area (Å²) in [5.41, 5.74) is 14.3. The zero-order valence-corrected chi connectivity index (χ0v) is 35.3. The van der Waals surface area contributed by atoms with Gasteiger partial charge >= 0.3 is 11.5 Å². The van der Waals surface area contributed by atoms with E-state index >= 15 is 0 Å². The van der Waals surface area contributed by atoms with E-state index in [1.165, 1.54) is 60.6 Å². The molecular formula is C54H45N3OSi+2. The predicted octanol–water partition coefficient (Wildman–Crippen LogP) is 12.0. The van der Waals surface area contributed by atoms with Crippen LogP contribution in [0.2, 0.25) is 19.6 Å². The van der Waals surface area contributed by atoms with Crippen molar-refractivity contribution in [3.63, 3.8) is 0 Å². The molecule has 0 saturated heterocycles. The van der Waals surface area contributed by atoms with Crippen LogP contribution in [0, 0.1) is 0 Å². The van der Waals surface area contributed by atoms with Crippen LogP contribution in [0.4, 0.5) is 0 Å². The van der Waals surface area contributed by atoms with Crippen molar-refractivity contribution in [3.05, 3.63) is 181 Å². The molecule has 0 amide bonds. The average molecular weight is 780 g/mol.